The van der Waals surface area contributed by atoms with Gasteiger partial charge in [-0.05, 0) is 37.1 Å². The van der Waals surface area contributed by atoms with Crippen LogP contribution >= 0.6 is 34.5 Å². The second-order valence-corrected chi connectivity index (χ2v) is 6.11. The third-order valence-electron chi connectivity index (χ3n) is 2.87. The van der Waals surface area contributed by atoms with Crippen LogP contribution in [-0.2, 0) is 6.42 Å². The van der Waals surface area contributed by atoms with Crippen LogP contribution < -0.4 is 5.32 Å². The van der Waals surface area contributed by atoms with Gasteiger partial charge in [-0.25, -0.2) is 0 Å². The molecule has 2 aromatic rings. The molecule has 0 radical (unpaired) electrons. The van der Waals surface area contributed by atoms with Crippen LogP contribution in [0.2, 0.25) is 10.0 Å². The van der Waals surface area contributed by atoms with E-state index in [-0.39, 0.29) is 6.04 Å². The highest BCUT2D eigenvalue weighted by Crippen LogP contribution is 2.27. The average Bonchev–Trinajstić information content (AvgIpc) is 2.90. The maximum atomic E-state index is 6.24. The second kappa shape index (κ2) is 7.25. The number of hydrogen-bond acceptors (Lipinski definition) is 3. The summed E-state index contributed by atoms with van der Waals surface area (Å²) in [6.07, 6.45) is 3.86. The molecule has 0 aliphatic rings. The number of benzene rings is 1. The Morgan fingerprint density at radius 1 is 1.37 bits per heavy atom. The van der Waals surface area contributed by atoms with Gasteiger partial charge >= 0.3 is 0 Å². The number of nitrogens with one attached hydrogen (secondary N) is 1. The van der Waals surface area contributed by atoms with E-state index in [9.17, 15) is 0 Å². The van der Waals surface area contributed by atoms with Crippen molar-refractivity contribution in [2.45, 2.75) is 25.8 Å². The summed E-state index contributed by atoms with van der Waals surface area (Å²) >= 11 is 13.8. The molecule has 0 saturated carbocycles. The molecule has 1 aromatic carbocycles. The molecule has 1 heterocycles. The molecular formula is C14H16Cl2N2S. The summed E-state index contributed by atoms with van der Waals surface area (Å²) in [7, 11) is 0. The Bertz CT molecular complexity index is 514. The Morgan fingerprint density at radius 2 is 2.21 bits per heavy atom. The SMILES string of the molecule is CCCNC(Cc1ccc(Cl)cc1Cl)c1cncs1. The van der Waals surface area contributed by atoms with Crippen LogP contribution in [0.15, 0.2) is 29.9 Å². The molecule has 0 bridgehead atoms. The zero-order valence-corrected chi connectivity index (χ0v) is 13.0. The lowest BCUT2D eigenvalue weighted by Gasteiger charge is -2.17. The van der Waals surface area contributed by atoms with Gasteiger partial charge in [0.2, 0.25) is 0 Å². The standard InChI is InChI=1S/C14H16Cl2N2S/c1-2-5-18-13(14-8-17-9-19-14)6-10-3-4-11(15)7-12(10)16/h3-4,7-9,13,18H,2,5-6H2,1H3. The quantitative estimate of drug-likeness (QED) is 0.833. The van der Waals surface area contributed by atoms with Crippen molar-refractivity contribution in [3.05, 3.63) is 50.4 Å². The summed E-state index contributed by atoms with van der Waals surface area (Å²) < 4.78 is 0. The number of hydrogen-bond donors (Lipinski definition) is 1. The summed E-state index contributed by atoms with van der Waals surface area (Å²) in [5, 5.41) is 4.93. The van der Waals surface area contributed by atoms with Crippen LogP contribution in [0.4, 0.5) is 0 Å². The minimum Gasteiger partial charge on any atom is -0.309 e. The first-order valence-corrected chi connectivity index (χ1v) is 7.90. The number of thiazole rings is 1. The first-order chi connectivity index (χ1) is 9.20. The molecule has 102 valence electrons. The van der Waals surface area contributed by atoms with Gasteiger partial charge in [0.25, 0.3) is 0 Å². The molecule has 19 heavy (non-hydrogen) atoms. The molecule has 1 N–H and O–H groups in total. The lowest BCUT2D eigenvalue weighted by atomic mass is 10.0. The predicted octanol–water partition coefficient (Wildman–Crippen LogP) is 4.73. The first kappa shape index (κ1) is 14.8. The third-order valence-corrected chi connectivity index (χ3v) is 4.35. The molecule has 0 aliphatic carbocycles. The number of nitrogens with zero attached hydrogens (tertiary/aromatic N) is 1. The van der Waals surface area contributed by atoms with Crippen LogP contribution in [0.1, 0.15) is 29.8 Å². The van der Waals surface area contributed by atoms with E-state index in [2.05, 4.69) is 17.2 Å². The fourth-order valence-corrected chi connectivity index (χ4v) is 3.08. The summed E-state index contributed by atoms with van der Waals surface area (Å²) in [4.78, 5) is 5.39. The zero-order chi connectivity index (χ0) is 13.7. The van der Waals surface area contributed by atoms with Crippen molar-refractivity contribution in [1.82, 2.24) is 10.3 Å². The highest BCUT2D eigenvalue weighted by Gasteiger charge is 2.15. The van der Waals surface area contributed by atoms with Crippen LogP contribution in [0.5, 0.6) is 0 Å². The van der Waals surface area contributed by atoms with Gasteiger partial charge in [0.05, 0.1) is 5.51 Å². The van der Waals surface area contributed by atoms with Crippen molar-refractivity contribution in [1.29, 1.82) is 0 Å². The van der Waals surface area contributed by atoms with Crippen molar-refractivity contribution in [2.75, 3.05) is 6.54 Å². The molecule has 1 unspecified atom stereocenters. The van der Waals surface area contributed by atoms with E-state index in [1.54, 1.807) is 17.4 Å². The van der Waals surface area contributed by atoms with E-state index < -0.39 is 0 Å². The van der Waals surface area contributed by atoms with Gasteiger partial charge in [-0.1, -0.05) is 36.2 Å². The van der Waals surface area contributed by atoms with E-state index in [1.165, 1.54) is 4.88 Å². The molecule has 1 aromatic heterocycles. The van der Waals surface area contributed by atoms with E-state index in [4.69, 9.17) is 23.2 Å². The Morgan fingerprint density at radius 3 is 2.84 bits per heavy atom. The Balaban J connectivity index is 2.15. The molecule has 0 aliphatic heterocycles. The monoisotopic (exact) mass is 314 g/mol. The largest absolute Gasteiger partial charge is 0.309 e. The van der Waals surface area contributed by atoms with E-state index in [1.807, 2.05) is 23.8 Å². The summed E-state index contributed by atoms with van der Waals surface area (Å²) in [5.41, 5.74) is 2.97. The van der Waals surface area contributed by atoms with Crippen LogP contribution in [0.3, 0.4) is 0 Å². The highest BCUT2D eigenvalue weighted by molar-refractivity contribution is 7.09. The van der Waals surface area contributed by atoms with Crippen LogP contribution in [-0.4, -0.2) is 11.5 Å². The van der Waals surface area contributed by atoms with Gasteiger partial charge in [-0.3, -0.25) is 4.98 Å². The predicted molar refractivity (Wildman–Crippen MR) is 83.3 cm³/mol. The molecule has 1 atom stereocenters. The van der Waals surface area contributed by atoms with Crippen molar-refractivity contribution in [2.24, 2.45) is 0 Å². The van der Waals surface area contributed by atoms with Crippen molar-refractivity contribution in [3.63, 3.8) is 0 Å². The fraction of sp³-hybridized carbons (Fsp3) is 0.357. The highest BCUT2D eigenvalue weighted by atomic mass is 35.5. The molecular weight excluding hydrogens is 299 g/mol. The van der Waals surface area contributed by atoms with Crippen LogP contribution in [0.25, 0.3) is 0 Å². The number of aromatic nitrogens is 1. The minimum absolute atomic E-state index is 0.256. The maximum Gasteiger partial charge on any atom is 0.0794 e. The zero-order valence-electron chi connectivity index (χ0n) is 10.7. The van der Waals surface area contributed by atoms with Gasteiger partial charge in [0.1, 0.15) is 0 Å². The Labute approximate surface area is 127 Å². The van der Waals surface area contributed by atoms with E-state index in [0.29, 0.717) is 5.02 Å². The lowest BCUT2D eigenvalue weighted by molar-refractivity contribution is 0.536. The van der Waals surface area contributed by atoms with E-state index >= 15 is 0 Å². The summed E-state index contributed by atoms with van der Waals surface area (Å²) in [6, 6.07) is 5.92. The number of halogens is 2. The molecule has 5 heteroatoms. The topological polar surface area (TPSA) is 24.9 Å². The van der Waals surface area contributed by atoms with Gasteiger partial charge in [0.15, 0.2) is 0 Å². The van der Waals surface area contributed by atoms with Gasteiger partial charge in [-0.15, -0.1) is 11.3 Å². The molecule has 0 spiro atoms. The average molecular weight is 315 g/mol. The van der Waals surface area contributed by atoms with Gasteiger partial charge in [-0.2, -0.15) is 0 Å². The minimum atomic E-state index is 0.256. The molecule has 0 amide bonds. The summed E-state index contributed by atoms with van der Waals surface area (Å²) in [5.74, 6) is 0. The second-order valence-electron chi connectivity index (χ2n) is 4.35. The first-order valence-electron chi connectivity index (χ1n) is 6.26. The van der Waals surface area contributed by atoms with Crippen LogP contribution in [0, 0.1) is 0 Å². The summed E-state index contributed by atoms with van der Waals surface area (Å²) in [6.45, 7) is 3.14. The molecule has 0 saturated heterocycles. The fourth-order valence-electron chi connectivity index (χ4n) is 1.90. The van der Waals surface area contributed by atoms with Crippen molar-refractivity contribution >= 4 is 34.5 Å². The third kappa shape index (κ3) is 4.18. The smallest absolute Gasteiger partial charge is 0.0794 e. The number of rotatable bonds is 6. The van der Waals surface area contributed by atoms with Gasteiger partial charge < -0.3 is 5.32 Å². The van der Waals surface area contributed by atoms with Crippen molar-refractivity contribution in [3.8, 4) is 0 Å². The molecule has 2 nitrogen and oxygen atoms in total. The lowest BCUT2D eigenvalue weighted by Crippen LogP contribution is -2.23. The normalized spacial score (nSPS) is 12.6. The van der Waals surface area contributed by atoms with Gasteiger partial charge in [0, 0.05) is 27.2 Å². The maximum absolute atomic E-state index is 6.24. The Kier molecular flexibility index (Phi) is 5.64. The van der Waals surface area contributed by atoms with Crippen molar-refractivity contribution < 1.29 is 0 Å². The molecule has 2 rings (SSSR count). The van der Waals surface area contributed by atoms with E-state index in [0.717, 1.165) is 30.0 Å². The Hall–Kier alpha value is -0.610. The molecule has 0 fully saturated rings.